The van der Waals surface area contributed by atoms with E-state index < -0.39 is 17.6 Å². The Labute approximate surface area is 140 Å². The zero-order chi connectivity index (χ0) is 17.0. The first-order chi connectivity index (χ1) is 10.8. The van der Waals surface area contributed by atoms with Crippen LogP contribution in [0.15, 0.2) is 48.5 Å². The van der Waals surface area contributed by atoms with Gasteiger partial charge in [-0.15, -0.1) is 0 Å². The quantitative estimate of drug-likeness (QED) is 0.703. The molecule has 0 atom stereocenters. The number of halogens is 5. The van der Waals surface area contributed by atoms with Crippen molar-refractivity contribution in [2.75, 3.05) is 5.32 Å². The van der Waals surface area contributed by atoms with Gasteiger partial charge in [0.2, 0.25) is 5.91 Å². The normalized spacial score (nSPS) is 11.7. The van der Waals surface area contributed by atoms with Crippen LogP contribution in [-0.2, 0) is 11.0 Å². The van der Waals surface area contributed by atoms with Crippen LogP contribution in [0.4, 0.5) is 18.9 Å². The lowest BCUT2D eigenvalue weighted by Crippen LogP contribution is -2.11. The fraction of sp³-hybridized carbons (Fsp3) is 0.0625. The Bertz CT molecular complexity index is 757. The van der Waals surface area contributed by atoms with Crippen LogP contribution in [0, 0.1) is 0 Å². The predicted octanol–water partition coefficient (Wildman–Crippen LogP) is 5.66. The number of hydrogen-bond acceptors (Lipinski definition) is 1. The molecule has 0 saturated carbocycles. The number of carbonyl (C=O) groups is 1. The Kier molecular flexibility index (Phi) is 5.34. The number of carbonyl (C=O) groups excluding carboxylic acids is 1. The number of hydrogen-bond donors (Lipinski definition) is 1. The highest BCUT2D eigenvalue weighted by atomic mass is 35.5. The van der Waals surface area contributed by atoms with Crippen LogP contribution >= 0.6 is 23.2 Å². The molecule has 0 radical (unpaired) electrons. The molecule has 0 heterocycles. The van der Waals surface area contributed by atoms with Crippen LogP contribution in [0.3, 0.4) is 0 Å². The summed E-state index contributed by atoms with van der Waals surface area (Å²) in [6.07, 6.45) is -1.84. The number of benzene rings is 2. The molecule has 23 heavy (non-hydrogen) atoms. The Morgan fingerprint density at radius 3 is 2.48 bits per heavy atom. The molecule has 0 bridgehead atoms. The smallest absolute Gasteiger partial charge is 0.321 e. The first-order valence-corrected chi connectivity index (χ1v) is 7.13. The van der Waals surface area contributed by atoms with E-state index in [9.17, 15) is 18.0 Å². The Morgan fingerprint density at radius 2 is 1.83 bits per heavy atom. The minimum absolute atomic E-state index is 0.0162. The molecule has 0 unspecified atom stereocenters. The van der Waals surface area contributed by atoms with Crippen molar-refractivity contribution in [3.8, 4) is 0 Å². The van der Waals surface area contributed by atoms with Gasteiger partial charge in [-0.3, -0.25) is 4.79 Å². The van der Waals surface area contributed by atoms with Crippen molar-refractivity contribution in [3.05, 3.63) is 69.7 Å². The highest BCUT2D eigenvalue weighted by Crippen LogP contribution is 2.33. The van der Waals surface area contributed by atoms with Gasteiger partial charge in [-0.2, -0.15) is 13.2 Å². The molecule has 1 amide bonds. The zero-order valence-electron chi connectivity index (χ0n) is 11.5. The summed E-state index contributed by atoms with van der Waals surface area (Å²) in [6, 6.07) is 9.48. The van der Waals surface area contributed by atoms with Gasteiger partial charge >= 0.3 is 6.18 Å². The number of alkyl halides is 3. The van der Waals surface area contributed by atoms with Gasteiger partial charge in [0.1, 0.15) is 0 Å². The van der Waals surface area contributed by atoms with E-state index in [0.717, 1.165) is 18.2 Å². The molecule has 0 aromatic heterocycles. The molecule has 0 spiro atoms. The molecule has 2 nitrogen and oxygen atoms in total. The van der Waals surface area contributed by atoms with E-state index in [1.165, 1.54) is 12.2 Å². The van der Waals surface area contributed by atoms with Gasteiger partial charge in [-0.1, -0.05) is 35.3 Å². The minimum Gasteiger partial charge on any atom is -0.321 e. The van der Waals surface area contributed by atoms with E-state index in [-0.39, 0.29) is 10.7 Å². The monoisotopic (exact) mass is 359 g/mol. The summed E-state index contributed by atoms with van der Waals surface area (Å²) in [6.45, 7) is 0. The van der Waals surface area contributed by atoms with Crippen molar-refractivity contribution >= 4 is 40.9 Å². The highest BCUT2D eigenvalue weighted by molar-refractivity contribution is 6.34. The third-order valence-electron chi connectivity index (χ3n) is 2.83. The molecule has 7 heteroatoms. The summed E-state index contributed by atoms with van der Waals surface area (Å²) >= 11 is 11.6. The standard InChI is InChI=1S/C16H10Cl2F3NO/c17-12-3-1-2-10(8-12)4-7-15(23)22-14-9-11(16(19,20)21)5-6-13(14)18/h1-9H,(H,22,23)/b7-4+. The molecular formula is C16H10Cl2F3NO. The van der Waals surface area contributed by atoms with Gasteiger partial charge in [0.15, 0.2) is 0 Å². The number of anilines is 1. The molecule has 2 aromatic carbocycles. The van der Waals surface area contributed by atoms with Crippen LogP contribution < -0.4 is 5.32 Å². The van der Waals surface area contributed by atoms with E-state index in [1.54, 1.807) is 24.3 Å². The van der Waals surface area contributed by atoms with E-state index in [2.05, 4.69) is 5.32 Å². The molecule has 1 N–H and O–H groups in total. The summed E-state index contributed by atoms with van der Waals surface area (Å²) in [5.41, 5.74) is -0.318. The molecule has 0 saturated heterocycles. The fourth-order valence-corrected chi connectivity index (χ4v) is 2.12. The molecule has 0 aliphatic rings. The molecule has 0 aliphatic heterocycles. The largest absolute Gasteiger partial charge is 0.416 e. The fourth-order valence-electron chi connectivity index (χ4n) is 1.75. The Hall–Kier alpha value is -1.98. The van der Waals surface area contributed by atoms with Crippen LogP contribution in [0.1, 0.15) is 11.1 Å². The van der Waals surface area contributed by atoms with Crippen molar-refractivity contribution in [2.24, 2.45) is 0 Å². The van der Waals surface area contributed by atoms with E-state index in [1.807, 2.05) is 0 Å². The topological polar surface area (TPSA) is 29.1 Å². The van der Waals surface area contributed by atoms with Crippen LogP contribution in [-0.4, -0.2) is 5.91 Å². The zero-order valence-corrected chi connectivity index (χ0v) is 13.0. The lowest BCUT2D eigenvalue weighted by Gasteiger charge is -2.10. The van der Waals surface area contributed by atoms with Crippen LogP contribution in [0.2, 0.25) is 10.0 Å². The maximum absolute atomic E-state index is 12.7. The van der Waals surface area contributed by atoms with Crippen molar-refractivity contribution in [1.29, 1.82) is 0 Å². The molecular weight excluding hydrogens is 350 g/mol. The number of nitrogens with one attached hydrogen (secondary N) is 1. The average Bonchev–Trinajstić information content (AvgIpc) is 2.46. The Morgan fingerprint density at radius 1 is 1.09 bits per heavy atom. The number of amides is 1. The molecule has 0 aliphatic carbocycles. The van der Waals surface area contributed by atoms with Gasteiger partial charge in [0.25, 0.3) is 0 Å². The van der Waals surface area contributed by atoms with Gasteiger partial charge < -0.3 is 5.32 Å². The third-order valence-corrected chi connectivity index (χ3v) is 3.39. The summed E-state index contributed by atoms with van der Waals surface area (Å²) in [4.78, 5) is 11.8. The molecule has 120 valence electrons. The highest BCUT2D eigenvalue weighted by Gasteiger charge is 2.31. The first kappa shape index (κ1) is 17.4. The van der Waals surface area contributed by atoms with E-state index in [4.69, 9.17) is 23.2 Å². The molecule has 0 fully saturated rings. The van der Waals surface area contributed by atoms with Crippen molar-refractivity contribution in [2.45, 2.75) is 6.18 Å². The van der Waals surface area contributed by atoms with Gasteiger partial charge in [-0.05, 0) is 42.0 Å². The maximum atomic E-state index is 12.7. The van der Waals surface area contributed by atoms with Crippen molar-refractivity contribution in [3.63, 3.8) is 0 Å². The summed E-state index contributed by atoms with van der Waals surface area (Å²) < 4.78 is 38.0. The lowest BCUT2D eigenvalue weighted by atomic mass is 10.2. The summed E-state index contributed by atoms with van der Waals surface area (Å²) in [5, 5.41) is 2.84. The second kappa shape index (κ2) is 7.06. The van der Waals surface area contributed by atoms with Crippen LogP contribution in [0.25, 0.3) is 6.08 Å². The summed E-state index contributed by atoms with van der Waals surface area (Å²) in [7, 11) is 0. The average molecular weight is 360 g/mol. The second-order valence-corrected chi connectivity index (χ2v) is 5.41. The van der Waals surface area contributed by atoms with E-state index in [0.29, 0.717) is 10.6 Å². The number of rotatable bonds is 3. The third kappa shape index (κ3) is 5.01. The van der Waals surface area contributed by atoms with Crippen molar-refractivity contribution < 1.29 is 18.0 Å². The SMILES string of the molecule is O=C(/C=C/c1cccc(Cl)c1)Nc1cc(C(F)(F)F)ccc1Cl. The maximum Gasteiger partial charge on any atom is 0.416 e. The minimum atomic E-state index is -4.51. The van der Waals surface area contributed by atoms with Crippen LogP contribution in [0.5, 0.6) is 0 Å². The van der Waals surface area contributed by atoms with E-state index >= 15 is 0 Å². The van der Waals surface area contributed by atoms with Gasteiger partial charge in [-0.25, -0.2) is 0 Å². The first-order valence-electron chi connectivity index (χ1n) is 6.37. The Balaban J connectivity index is 2.14. The van der Waals surface area contributed by atoms with Gasteiger partial charge in [0, 0.05) is 11.1 Å². The van der Waals surface area contributed by atoms with Crippen molar-refractivity contribution in [1.82, 2.24) is 0 Å². The lowest BCUT2D eigenvalue weighted by molar-refractivity contribution is -0.137. The molecule has 2 aromatic rings. The molecule has 2 rings (SSSR count). The second-order valence-electron chi connectivity index (χ2n) is 4.57. The van der Waals surface area contributed by atoms with Gasteiger partial charge in [0.05, 0.1) is 16.3 Å². The predicted molar refractivity (Wildman–Crippen MR) is 85.6 cm³/mol. The summed E-state index contributed by atoms with van der Waals surface area (Å²) in [5.74, 6) is -0.605.